The molecule has 7 heteroatoms. The number of rotatable bonds is 5. The molecule has 0 N–H and O–H groups in total. The highest BCUT2D eigenvalue weighted by molar-refractivity contribution is 7.90. The van der Waals surface area contributed by atoms with Gasteiger partial charge in [0.15, 0.2) is 9.84 Å². The Labute approximate surface area is 179 Å². The van der Waals surface area contributed by atoms with Gasteiger partial charge < -0.3 is 4.57 Å². The number of halogens is 2. The molecule has 0 aliphatic rings. The molecule has 0 fully saturated rings. The number of sulfone groups is 1. The summed E-state index contributed by atoms with van der Waals surface area (Å²) in [6.45, 7) is 0. The monoisotopic (exact) mass is 440 g/mol. The van der Waals surface area contributed by atoms with Crippen molar-refractivity contribution in [3.63, 3.8) is 0 Å². The minimum atomic E-state index is -3.27. The fraction of sp³-hybridized carbons (Fsp3) is 0.0870. The van der Waals surface area contributed by atoms with Gasteiger partial charge in [-0.25, -0.2) is 17.8 Å². The number of hydrogen-bond acceptors (Lipinski definition) is 3. The SMILES string of the molecule is CS(=O)(=O)c1cccc(-c2ccc(-n3ccnc3Cc3cc(Cl)ccc3F)cc2)c1. The average molecular weight is 441 g/mol. The fourth-order valence-corrected chi connectivity index (χ4v) is 4.13. The summed E-state index contributed by atoms with van der Waals surface area (Å²) in [7, 11) is -3.27. The van der Waals surface area contributed by atoms with Crippen molar-refractivity contribution in [1.82, 2.24) is 9.55 Å². The van der Waals surface area contributed by atoms with Crippen LogP contribution in [0, 0.1) is 5.82 Å². The van der Waals surface area contributed by atoms with Crippen LogP contribution >= 0.6 is 11.6 Å². The Kier molecular flexibility index (Phi) is 5.45. The van der Waals surface area contributed by atoms with Crippen molar-refractivity contribution in [3.05, 3.63) is 101 Å². The van der Waals surface area contributed by atoms with Crippen molar-refractivity contribution in [3.8, 4) is 16.8 Å². The molecular weight excluding hydrogens is 423 g/mol. The maximum atomic E-state index is 14.1. The molecule has 4 nitrogen and oxygen atoms in total. The zero-order chi connectivity index (χ0) is 21.3. The number of imidazole rings is 1. The minimum Gasteiger partial charge on any atom is -0.303 e. The molecule has 1 aromatic heterocycles. The molecule has 0 amide bonds. The second kappa shape index (κ2) is 8.05. The summed E-state index contributed by atoms with van der Waals surface area (Å²) >= 11 is 6.00. The van der Waals surface area contributed by atoms with Gasteiger partial charge in [-0.1, -0.05) is 35.9 Å². The van der Waals surface area contributed by atoms with Crippen LogP contribution in [0.2, 0.25) is 5.02 Å². The van der Waals surface area contributed by atoms with E-state index in [0.29, 0.717) is 22.8 Å². The third-order valence-corrected chi connectivity index (χ3v) is 6.16. The molecule has 0 aliphatic heterocycles. The van der Waals surface area contributed by atoms with Crippen LogP contribution in [0.15, 0.2) is 84.0 Å². The summed E-state index contributed by atoms with van der Waals surface area (Å²) in [5.41, 5.74) is 3.06. The first-order chi connectivity index (χ1) is 14.3. The highest BCUT2D eigenvalue weighted by Crippen LogP contribution is 2.25. The van der Waals surface area contributed by atoms with E-state index in [9.17, 15) is 12.8 Å². The second-order valence-electron chi connectivity index (χ2n) is 6.97. The predicted molar refractivity (Wildman–Crippen MR) is 116 cm³/mol. The lowest BCUT2D eigenvalue weighted by Gasteiger charge is -2.10. The van der Waals surface area contributed by atoms with Crippen molar-refractivity contribution >= 4 is 21.4 Å². The molecule has 0 aliphatic carbocycles. The first-order valence-electron chi connectivity index (χ1n) is 9.18. The van der Waals surface area contributed by atoms with Gasteiger partial charge in [-0.3, -0.25) is 0 Å². The molecule has 0 saturated heterocycles. The molecule has 0 atom stereocenters. The molecule has 0 radical (unpaired) electrons. The summed E-state index contributed by atoms with van der Waals surface area (Å²) in [6, 6.07) is 19.0. The summed E-state index contributed by atoms with van der Waals surface area (Å²) in [4.78, 5) is 4.65. The predicted octanol–water partition coefficient (Wildman–Crippen LogP) is 5.33. The largest absolute Gasteiger partial charge is 0.303 e. The normalized spacial score (nSPS) is 11.6. The quantitative estimate of drug-likeness (QED) is 0.421. The summed E-state index contributed by atoms with van der Waals surface area (Å²) in [5.74, 6) is 0.359. The molecule has 1 heterocycles. The Balaban J connectivity index is 1.63. The Morgan fingerprint density at radius 3 is 2.50 bits per heavy atom. The summed E-state index contributed by atoms with van der Waals surface area (Å²) in [5, 5.41) is 0.477. The van der Waals surface area contributed by atoms with Gasteiger partial charge >= 0.3 is 0 Å². The van der Waals surface area contributed by atoms with Crippen LogP contribution in [0.25, 0.3) is 16.8 Å². The van der Waals surface area contributed by atoms with Crippen molar-refractivity contribution in [1.29, 1.82) is 0 Å². The van der Waals surface area contributed by atoms with Gasteiger partial charge in [-0.2, -0.15) is 0 Å². The van der Waals surface area contributed by atoms with Gasteiger partial charge in [0.25, 0.3) is 0 Å². The third kappa shape index (κ3) is 4.30. The minimum absolute atomic E-state index is 0.282. The molecule has 30 heavy (non-hydrogen) atoms. The Morgan fingerprint density at radius 1 is 1.00 bits per heavy atom. The van der Waals surface area contributed by atoms with Gasteiger partial charge in [0, 0.05) is 35.8 Å². The number of hydrogen-bond donors (Lipinski definition) is 0. The number of aromatic nitrogens is 2. The summed E-state index contributed by atoms with van der Waals surface area (Å²) < 4.78 is 39.6. The average Bonchev–Trinajstić information content (AvgIpc) is 3.18. The van der Waals surface area contributed by atoms with Crippen molar-refractivity contribution in [2.24, 2.45) is 0 Å². The Morgan fingerprint density at radius 2 is 1.77 bits per heavy atom. The Hall–Kier alpha value is -2.96. The summed E-state index contributed by atoms with van der Waals surface area (Å²) in [6.07, 6.45) is 4.98. The van der Waals surface area contributed by atoms with Crippen LogP contribution in [0.4, 0.5) is 4.39 Å². The molecule has 0 spiro atoms. The van der Waals surface area contributed by atoms with Crippen LogP contribution in [0.1, 0.15) is 11.4 Å². The first kappa shape index (κ1) is 20.3. The molecule has 0 saturated carbocycles. The van der Waals surface area contributed by atoms with E-state index in [1.54, 1.807) is 30.5 Å². The molecule has 0 unspecified atom stereocenters. The van der Waals surface area contributed by atoms with Crippen LogP contribution in [-0.4, -0.2) is 24.2 Å². The fourth-order valence-electron chi connectivity index (χ4n) is 3.27. The van der Waals surface area contributed by atoms with Gasteiger partial charge in [0.2, 0.25) is 0 Å². The molecular formula is C23H18ClFN2O2S. The standard InChI is InChI=1S/C23H18ClFN2O2S/c1-30(28,29)21-4-2-3-17(14-21)16-5-8-20(9-6-16)27-12-11-26-23(27)15-18-13-19(24)7-10-22(18)25/h2-14H,15H2,1H3. The van der Waals surface area contributed by atoms with Crippen LogP contribution < -0.4 is 0 Å². The number of benzene rings is 3. The van der Waals surface area contributed by atoms with Gasteiger partial charge in [0.1, 0.15) is 11.6 Å². The molecule has 3 aromatic carbocycles. The van der Waals surface area contributed by atoms with E-state index in [1.807, 2.05) is 41.1 Å². The van der Waals surface area contributed by atoms with E-state index in [-0.39, 0.29) is 10.7 Å². The lowest BCUT2D eigenvalue weighted by Crippen LogP contribution is -2.03. The third-order valence-electron chi connectivity index (χ3n) is 4.81. The zero-order valence-electron chi connectivity index (χ0n) is 16.1. The molecule has 0 bridgehead atoms. The Bertz CT molecular complexity index is 1320. The molecule has 4 rings (SSSR count). The molecule has 152 valence electrons. The van der Waals surface area contributed by atoms with E-state index >= 15 is 0 Å². The second-order valence-corrected chi connectivity index (χ2v) is 9.43. The maximum Gasteiger partial charge on any atom is 0.175 e. The smallest absolute Gasteiger partial charge is 0.175 e. The maximum absolute atomic E-state index is 14.1. The van der Waals surface area contributed by atoms with Crippen LogP contribution in [0.3, 0.4) is 0 Å². The van der Waals surface area contributed by atoms with Gasteiger partial charge in [-0.05, 0) is 59.2 Å². The van der Waals surface area contributed by atoms with Gasteiger partial charge in [-0.15, -0.1) is 0 Å². The topological polar surface area (TPSA) is 52.0 Å². The zero-order valence-corrected chi connectivity index (χ0v) is 17.7. The number of nitrogens with zero attached hydrogens (tertiary/aromatic N) is 2. The van der Waals surface area contributed by atoms with Crippen molar-refractivity contribution in [2.45, 2.75) is 11.3 Å². The van der Waals surface area contributed by atoms with E-state index < -0.39 is 9.84 Å². The lowest BCUT2D eigenvalue weighted by molar-refractivity contribution is 0.602. The van der Waals surface area contributed by atoms with Crippen LogP contribution in [-0.2, 0) is 16.3 Å². The molecule has 4 aromatic rings. The lowest BCUT2D eigenvalue weighted by atomic mass is 10.1. The van der Waals surface area contributed by atoms with Crippen LogP contribution in [0.5, 0.6) is 0 Å². The highest BCUT2D eigenvalue weighted by atomic mass is 35.5. The van der Waals surface area contributed by atoms with Gasteiger partial charge in [0.05, 0.1) is 4.90 Å². The van der Waals surface area contributed by atoms with E-state index in [4.69, 9.17) is 11.6 Å². The van der Waals surface area contributed by atoms with Crippen molar-refractivity contribution in [2.75, 3.05) is 6.26 Å². The van der Waals surface area contributed by atoms with E-state index in [2.05, 4.69) is 4.98 Å². The first-order valence-corrected chi connectivity index (χ1v) is 11.5. The van der Waals surface area contributed by atoms with Crippen molar-refractivity contribution < 1.29 is 12.8 Å². The van der Waals surface area contributed by atoms with E-state index in [0.717, 1.165) is 16.8 Å². The highest BCUT2D eigenvalue weighted by Gasteiger charge is 2.11. The van der Waals surface area contributed by atoms with E-state index in [1.165, 1.54) is 18.4 Å².